The van der Waals surface area contributed by atoms with Gasteiger partial charge in [-0.25, -0.2) is 0 Å². The van der Waals surface area contributed by atoms with Crippen LogP contribution < -0.4 is 0 Å². The van der Waals surface area contributed by atoms with E-state index in [0.29, 0.717) is 11.7 Å². The first-order chi connectivity index (χ1) is 7.20. The summed E-state index contributed by atoms with van der Waals surface area (Å²) < 4.78 is 0. The fourth-order valence-electron chi connectivity index (χ4n) is 3.65. The lowest BCUT2D eigenvalue weighted by Crippen LogP contribution is -2.20. The molecule has 4 unspecified atom stereocenters. The molecule has 0 radical (unpaired) electrons. The lowest BCUT2D eigenvalue weighted by atomic mass is 9.80. The van der Waals surface area contributed by atoms with Crippen LogP contribution in [0.15, 0.2) is 0 Å². The van der Waals surface area contributed by atoms with Gasteiger partial charge >= 0.3 is 0 Å². The summed E-state index contributed by atoms with van der Waals surface area (Å²) in [6.07, 6.45) is 7.68. The minimum atomic E-state index is 0.242. The van der Waals surface area contributed by atoms with Gasteiger partial charge in [-0.15, -0.1) is 11.6 Å². The van der Waals surface area contributed by atoms with Crippen LogP contribution in [0.2, 0.25) is 0 Å². The molecule has 0 spiro atoms. The quantitative estimate of drug-likeness (QED) is 0.657. The highest BCUT2D eigenvalue weighted by atomic mass is 35.5. The van der Waals surface area contributed by atoms with Gasteiger partial charge in [-0.1, -0.05) is 6.42 Å². The van der Waals surface area contributed by atoms with Crippen LogP contribution in [-0.4, -0.2) is 11.7 Å². The van der Waals surface area contributed by atoms with Gasteiger partial charge in [0.15, 0.2) is 0 Å². The van der Waals surface area contributed by atoms with Crippen molar-refractivity contribution in [3.05, 3.63) is 0 Å². The van der Waals surface area contributed by atoms with E-state index < -0.39 is 0 Å². The zero-order valence-corrected chi connectivity index (χ0v) is 10.3. The van der Waals surface area contributed by atoms with E-state index in [0.717, 1.165) is 30.6 Å². The monoisotopic (exact) mass is 228 g/mol. The summed E-state index contributed by atoms with van der Waals surface area (Å²) in [5, 5.41) is 0. The number of carbonyl (C=O) groups is 1. The van der Waals surface area contributed by atoms with Gasteiger partial charge in [0.1, 0.15) is 5.78 Å². The van der Waals surface area contributed by atoms with E-state index in [4.69, 9.17) is 11.6 Å². The normalized spacial score (nSPS) is 35.7. The molecule has 86 valence electrons. The van der Waals surface area contributed by atoms with Crippen LogP contribution in [0.1, 0.15) is 45.4 Å². The molecule has 0 aromatic rings. The molecule has 0 aromatic heterocycles. The highest BCUT2D eigenvalue weighted by Gasteiger charge is 2.40. The standard InChI is InChI=1S/C13H21ClO/c1-9(15)11(4-5-14)8-13-7-10-2-3-12(13)6-10/h10-13H,2-8H2,1H3. The molecule has 2 saturated carbocycles. The average Bonchev–Trinajstić information content (AvgIpc) is 2.78. The third-order valence-electron chi connectivity index (χ3n) is 4.50. The third kappa shape index (κ3) is 2.55. The molecule has 0 aromatic carbocycles. The van der Waals surface area contributed by atoms with Crippen LogP contribution in [0.4, 0.5) is 0 Å². The van der Waals surface area contributed by atoms with E-state index in [1.807, 2.05) is 0 Å². The van der Waals surface area contributed by atoms with Gasteiger partial charge in [-0.05, 0) is 56.8 Å². The number of fused-ring (bicyclic) bond motifs is 2. The number of rotatable bonds is 5. The Morgan fingerprint density at radius 1 is 1.40 bits per heavy atom. The van der Waals surface area contributed by atoms with Crippen molar-refractivity contribution in [3.8, 4) is 0 Å². The van der Waals surface area contributed by atoms with Crippen molar-refractivity contribution in [2.24, 2.45) is 23.7 Å². The van der Waals surface area contributed by atoms with Crippen LogP contribution in [0.25, 0.3) is 0 Å². The van der Waals surface area contributed by atoms with E-state index >= 15 is 0 Å². The lowest BCUT2D eigenvalue weighted by Gasteiger charge is -2.25. The van der Waals surface area contributed by atoms with Crippen molar-refractivity contribution in [2.75, 3.05) is 5.88 Å². The number of hydrogen-bond donors (Lipinski definition) is 0. The molecular weight excluding hydrogens is 208 g/mol. The Bertz CT molecular complexity index is 239. The predicted octanol–water partition coefficient (Wildman–Crippen LogP) is 3.65. The molecule has 0 heterocycles. The Morgan fingerprint density at radius 3 is 2.67 bits per heavy atom. The Kier molecular flexibility index (Phi) is 3.71. The Hall–Kier alpha value is -0.0400. The van der Waals surface area contributed by atoms with E-state index in [2.05, 4.69) is 0 Å². The fraction of sp³-hybridized carbons (Fsp3) is 0.923. The first kappa shape index (κ1) is 11.4. The summed E-state index contributed by atoms with van der Waals surface area (Å²) in [6, 6.07) is 0. The number of hydrogen-bond acceptors (Lipinski definition) is 1. The molecule has 0 amide bonds. The highest BCUT2D eigenvalue weighted by molar-refractivity contribution is 6.18. The van der Waals surface area contributed by atoms with Crippen LogP contribution in [-0.2, 0) is 4.79 Å². The summed E-state index contributed by atoms with van der Waals surface area (Å²) >= 11 is 5.75. The first-order valence-electron chi connectivity index (χ1n) is 6.27. The van der Waals surface area contributed by atoms with Crippen molar-refractivity contribution < 1.29 is 4.79 Å². The molecule has 2 bridgehead atoms. The van der Waals surface area contributed by atoms with E-state index in [-0.39, 0.29) is 5.92 Å². The first-order valence-corrected chi connectivity index (χ1v) is 6.80. The van der Waals surface area contributed by atoms with Crippen molar-refractivity contribution in [3.63, 3.8) is 0 Å². The Balaban J connectivity index is 1.86. The lowest BCUT2D eigenvalue weighted by molar-refractivity contribution is -0.121. The average molecular weight is 229 g/mol. The van der Waals surface area contributed by atoms with Crippen molar-refractivity contribution >= 4 is 17.4 Å². The number of alkyl halides is 1. The summed E-state index contributed by atoms with van der Waals surface area (Å²) in [5.41, 5.74) is 0. The molecule has 2 aliphatic carbocycles. The molecule has 0 aliphatic heterocycles. The molecule has 2 fully saturated rings. The molecule has 15 heavy (non-hydrogen) atoms. The van der Waals surface area contributed by atoms with E-state index in [9.17, 15) is 4.79 Å². The second kappa shape index (κ2) is 4.86. The van der Waals surface area contributed by atoms with Gasteiger partial charge in [0.05, 0.1) is 0 Å². The molecule has 0 N–H and O–H groups in total. The van der Waals surface area contributed by atoms with E-state index in [1.165, 1.54) is 25.7 Å². The van der Waals surface area contributed by atoms with Crippen molar-refractivity contribution in [2.45, 2.75) is 45.4 Å². The molecule has 2 heteroatoms. The van der Waals surface area contributed by atoms with Gasteiger partial charge in [0, 0.05) is 11.8 Å². The summed E-state index contributed by atoms with van der Waals surface area (Å²) in [5.74, 6) is 3.98. The smallest absolute Gasteiger partial charge is 0.132 e. The van der Waals surface area contributed by atoms with Crippen LogP contribution in [0.3, 0.4) is 0 Å². The van der Waals surface area contributed by atoms with Gasteiger partial charge in [-0.2, -0.15) is 0 Å². The molecule has 2 aliphatic rings. The number of Topliss-reactive ketones (excluding diaryl/α,β-unsaturated/α-hetero) is 1. The fourth-order valence-corrected chi connectivity index (χ4v) is 3.91. The largest absolute Gasteiger partial charge is 0.300 e. The zero-order chi connectivity index (χ0) is 10.8. The number of halogens is 1. The topological polar surface area (TPSA) is 17.1 Å². The second-order valence-electron chi connectivity index (χ2n) is 5.46. The highest BCUT2D eigenvalue weighted by Crippen LogP contribution is 2.50. The summed E-state index contributed by atoms with van der Waals surface area (Å²) in [6.45, 7) is 1.73. The van der Waals surface area contributed by atoms with Gasteiger partial charge in [0.25, 0.3) is 0 Å². The summed E-state index contributed by atoms with van der Waals surface area (Å²) in [7, 11) is 0. The molecule has 2 rings (SSSR count). The predicted molar refractivity (Wildman–Crippen MR) is 63.1 cm³/mol. The van der Waals surface area contributed by atoms with Gasteiger partial charge < -0.3 is 0 Å². The minimum absolute atomic E-state index is 0.242. The molecular formula is C13H21ClO. The molecule has 1 nitrogen and oxygen atoms in total. The van der Waals surface area contributed by atoms with Crippen LogP contribution in [0.5, 0.6) is 0 Å². The maximum atomic E-state index is 11.5. The van der Waals surface area contributed by atoms with Crippen LogP contribution in [0, 0.1) is 23.7 Å². The number of ketones is 1. The van der Waals surface area contributed by atoms with Crippen LogP contribution >= 0.6 is 11.6 Å². The van der Waals surface area contributed by atoms with Crippen molar-refractivity contribution in [1.82, 2.24) is 0 Å². The third-order valence-corrected chi connectivity index (χ3v) is 4.72. The SMILES string of the molecule is CC(=O)C(CCCl)CC1CC2CCC1C2. The Morgan fingerprint density at radius 2 is 2.20 bits per heavy atom. The summed E-state index contributed by atoms with van der Waals surface area (Å²) in [4.78, 5) is 11.5. The maximum absolute atomic E-state index is 11.5. The molecule has 4 atom stereocenters. The zero-order valence-electron chi connectivity index (χ0n) is 9.55. The minimum Gasteiger partial charge on any atom is -0.300 e. The van der Waals surface area contributed by atoms with Gasteiger partial charge in [0.2, 0.25) is 0 Å². The maximum Gasteiger partial charge on any atom is 0.132 e. The van der Waals surface area contributed by atoms with E-state index in [1.54, 1.807) is 6.92 Å². The van der Waals surface area contributed by atoms with Gasteiger partial charge in [-0.3, -0.25) is 4.79 Å². The van der Waals surface area contributed by atoms with Crippen molar-refractivity contribution in [1.29, 1.82) is 0 Å². The Labute approximate surface area is 97.6 Å². The molecule has 0 saturated heterocycles. The number of carbonyl (C=O) groups excluding carboxylic acids is 1. The second-order valence-corrected chi connectivity index (χ2v) is 5.83.